The zero-order valence-electron chi connectivity index (χ0n) is 7.03. The standard InChI is InChI=1S/C9H10BrClO/c1-6-7(5-11)3-8(12-2)4-9(6)10/h3-4H,5H2,1-2H3. The molecule has 0 heterocycles. The molecule has 0 atom stereocenters. The van der Waals surface area contributed by atoms with Crippen LogP contribution in [0.5, 0.6) is 5.75 Å². The largest absolute Gasteiger partial charge is 0.497 e. The van der Waals surface area contributed by atoms with Crippen LogP contribution >= 0.6 is 27.5 Å². The van der Waals surface area contributed by atoms with E-state index in [-0.39, 0.29) is 0 Å². The maximum atomic E-state index is 5.76. The lowest BCUT2D eigenvalue weighted by Crippen LogP contribution is -1.90. The summed E-state index contributed by atoms with van der Waals surface area (Å²) in [5.74, 6) is 1.35. The maximum absolute atomic E-state index is 5.76. The van der Waals surface area contributed by atoms with Gasteiger partial charge in [0.25, 0.3) is 0 Å². The molecule has 0 radical (unpaired) electrons. The minimum atomic E-state index is 0.516. The number of ether oxygens (including phenoxy) is 1. The summed E-state index contributed by atoms with van der Waals surface area (Å²) in [6, 6.07) is 3.89. The average Bonchev–Trinajstić information content (AvgIpc) is 2.09. The fourth-order valence-corrected chi connectivity index (χ4v) is 1.72. The van der Waals surface area contributed by atoms with Crippen LogP contribution in [0.1, 0.15) is 11.1 Å². The van der Waals surface area contributed by atoms with Gasteiger partial charge in [-0.15, -0.1) is 11.6 Å². The molecule has 0 saturated carbocycles. The Hall–Kier alpha value is -0.210. The lowest BCUT2D eigenvalue weighted by molar-refractivity contribution is 0.414. The van der Waals surface area contributed by atoms with E-state index in [2.05, 4.69) is 15.9 Å². The lowest BCUT2D eigenvalue weighted by Gasteiger charge is -2.07. The predicted octanol–water partition coefficient (Wildman–Crippen LogP) is 3.50. The summed E-state index contributed by atoms with van der Waals surface area (Å²) in [6.45, 7) is 2.03. The van der Waals surface area contributed by atoms with Crippen LogP contribution in [0.2, 0.25) is 0 Å². The first kappa shape index (κ1) is 9.87. The molecule has 1 nitrogen and oxygen atoms in total. The summed E-state index contributed by atoms with van der Waals surface area (Å²) in [6.07, 6.45) is 0. The Morgan fingerprint density at radius 2 is 2.17 bits per heavy atom. The summed E-state index contributed by atoms with van der Waals surface area (Å²) in [5, 5.41) is 0. The van der Waals surface area contributed by atoms with Crippen molar-refractivity contribution >= 4 is 27.5 Å². The van der Waals surface area contributed by atoms with E-state index < -0.39 is 0 Å². The van der Waals surface area contributed by atoms with E-state index in [0.717, 1.165) is 15.8 Å². The van der Waals surface area contributed by atoms with Gasteiger partial charge in [0.05, 0.1) is 7.11 Å². The van der Waals surface area contributed by atoms with Crippen molar-refractivity contribution < 1.29 is 4.74 Å². The summed E-state index contributed by atoms with van der Waals surface area (Å²) in [4.78, 5) is 0. The number of hydrogen-bond donors (Lipinski definition) is 0. The molecule has 1 aromatic rings. The van der Waals surface area contributed by atoms with Gasteiger partial charge in [-0.25, -0.2) is 0 Å². The molecule has 0 spiro atoms. The zero-order valence-corrected chi connectivity index (χ0v) is 9.37. The first-order chi connectivity index (χ1) is 5.69. The van der Waals surface area contributed by atoms with Crippen LogP contribution in [0.3, 0.4) is 0 Å². The van der Waals surface area contributed by atoms with Gasteiger partial charge >= 0.3 is 0 Å². The molecule has 0 N–H and O–H groups in total. The van der Waals surface area contributed by atoms with Gasteiger partial charge in [-0.05, 0) is 30.2 Å². The highest BCUT2D eigenvalue weighted by molar-refractivity contribution is 9.10. The van der Waals surface area contributed by atoms with Gasteiger partial charge in [-0.2, -0.15) is 0 Å². The van der Waals surface area contributed by atoms with Crippen molar-refractivity contribution in [2.45, 2.75) is 12.8 Å². The summed E-state index contributed by atoms with van der Waals surface area (Å²) < 4.78 is 6.14. The minimum absolute atomic E-state index is 0.516. The fraction of sp³-hybridized carbons (Fsp3) is 0.333. The van der Waals surface area contributed by atoms with Crippen molar-refractivity contribution in [3.05, 3.63) is 27.7 Å². The molecule has 0 aliphatic heterocycles. The Balaban J connectivity index is 3.19. The third-order valence-electron chi connectivity index (χ3n) is 1.81. The second kappa shape index (κ2) is 4.15. The van der Waals surface area contributed by atoms with Crippen molar-refractivity contribution in [3.63, 3.8) is 0 Å². The van der Waals surface area contributed by atoms with Crippen molar-refractivity contribution in [3.8, 4) is 5.75 Å². The molecule has 0 aliphatic carbocycles. The summed E-state index contributed by atoms with van der Waals surface area (Å²) in [7, 11) is 1.65. The third-order valence-corrected chi connectivity index (χ3v) is 2.92. The molecular weight excluding hydrogens is 239 g/mol. The van der Waals surface area contributed by atoms with Crippen LogP contribution in [-0.2, 0) is 5.88 Å². The highest BCUT2D eigenvalue weighted by Crippen LogP contribution is 2.27. The molecule has 0 bridgehead atoms. The molecule has 0 saturated heterocycles. The van der Waals surface area contributed by atoms with E-state index in [1.54, 1.807) is 7.11 Å². The first-order valence-electron chi connectivity index (χ1n) is 3.58. The van der Waals surface area contributed by atoms with Crippen LogP contribution < -0.4 is 4.74 Å². The summed E-state index contributed by atoms with van der Waals surface area (Å²) in [5.41, 5.74) is 2.27. The van der Waals surface area contributed by atoms with Crippen molar-refractivity contribution in [1.29, 1.82) is 0 Å². The normalized spacial score (nSPS) is 10.0. The topological polar surface area (TPSA) is 9.23 Å². The fourth-order valence-electron chi connectivity index (χ4n) is 0.965. The molecule has 1 aromatic carbocycles. The average molecular weight is 250 g/mol. The van der Waals surface area contributed by atoms with Crippen molar-refractivity contribution in [1.82, 2.24) is 0 Å². The number of alkyl halides is 1. The van der Waals surface area contributed by atoms with E-state index in [0.29, 0.717) is 5.88 Å². The molecule has 0 amide bonds. The van der Waals surface area contributed by atoms with E-state index >= 15 is 0 Å². The second-order valence-corrected chi connectivity index (χ2v) is 3.65. The van der Waals surface area contributed by atoms with E-state index in [9.17, 15) is 0 Å². The Morgan fingerprint density at radius 3 is 2.67 bits per heavy atom. The Labute approximate surface area is 85.8 Å². The van der Waals surface area contributed by atoms with E-state index in [1.807, 2.05) is 19.1 Å². The molecule has 0 unspecified atom stereocenters. The van der Waals surface area contributed by atoms with Crippen molar-refractivity contribution in [2.75, 3.05) is 7.11 Å². The van der Waals surface area contributed by atoms with Crippen molar-refractivity contribution in [2.24, 2.45) is 0 Å². The SMILES string of the molecule is COc1cc(Br)c(C)c(CCl)c1. The molecule has 12 heavy (non-hydrogen) atoms. The van der Waals surface area contributed by atoms with Crippen LogP contribution in [0, 0.1) is 6.92 Å². The number of methoxy groups -OCH3 is 1. The molecule has 0 aliphatic rings. The number of benzene rings is 1. The van der Waals surface area contributed by atoms with Gasteiger partial charge < -0.3 is 4.74 Å². The maximum Gasteiger partial charge on any atom is 0.120 e. The van der Waals surface area contributed by atoms with E-state index in [4.69, 9.17) is 16.3 Å². The Bertz CT molecular complexity index is 286. The lowest BCUT2D eigenvalue weighted by atomic mass is 10.1. The van der Waals surface area contributed by atoms with Gasteiger partial charge in [0.15, 0.2) is 0 Å². The third kappa shape index (κ3) is 1.93. The molecular formula is C9H10BrClO. The molecule has 66 valence electrons. The van der Waals surface area contributed by atoms with Gasteiger partial charge in [-0.3, -0.25) is 0 Å². The van der Waals surface area contributed by atoms with Crippen LogP contribution in [0.4, 0.5) is 0 Å². The highest BCUT2D eigenvalue weighted by atomic mass is 79.9. The molecule has 1 rings (SSSR count). The smallest absolute Gasteiger partial charge is 0.120 e. The van der Waals surface area contributed by atoms with Gasteiger partial charge in [0, 0.05) is 10.4 Å². The first-order valence-corrected chi connectivity index (χ1v) is 4.90. The molecule has 0 fully saturated rings. The van der Waals surface area contributed by atoms with Crippen LogP contribution in [-0.4, -0.2) is 7.11 Å². The molecule has 3 heteroatoms. The monoisotopic (exact) mass is 248 g/mol. The number of halogens is 2. The quantitative estimate of drug-likeness (QED) is 0.729. The van der Waals surface area contributed by atoms with Crippen LogP contribution in [0.15, 0.2) is 16.6 Å². The summed E-state index contributed by atoms with van der Waals surface area (Å²) >= 11 is 9.20. The predicted molar refractivity (Wildman–Crippen MR) is 55.0 cm³/mol. The van der Waals surface area contributed by atoms with Gasteiger partial charge in [0.2, 0.25) is 0 Å². The van der Waals surface area contributed by atoms with E-state index in [1.165, 1.54) is 5.56 Å². The Kier molecular flexibility index (Phi) is 3.41. The number of hydrogen-bond acceptors (Lipinski definition) is 1. The van der Waals surface area contributed by atoms with Gasteiger partial charge in [0.1, 0.15) is 5.75 Å². The number of rotatable bonds is 2. The van der Waals surface area contributed by atoms with Crippen LogP contribution in [0.25, 0.3) is 0 Å². The second-order valence-electron chi connectivity index (χ2n) is 2.53. The Morgan fingerprint density at radius 1 is 1.50 bits per heavy atom. The zero-order chi connectivity index (χ0) is 9.14. The highest BCUT2D eigenvalue weighted by Gasteiger charge is 2.04. The minimum Gasteiger partial charge on any atom is -0.497 e. The molecule has 0 aromatic heterocycles. The van der Waals surface area contributed by atoms with Gasteiger partial charge in [-0.1, -0.05) is 15.9 Å².